The average molecular weight is 251 g/mol. The van der Waals surface area contributed by atoms with Crippen LogP contribution in [-0.2, 0) is 9.53 Å². The topological polar surface area (TPSA) is 63.2 Å². The summed E-state index contributed by atoms with van der Waals surface area (Å²) in [7, 11) is 0. The predicted octanol–water partition coefficient (Wildman–Crippen LogP) is 1.42. The molecule has 1 rings (SSSR count). The molecular weight excluding hydrogens is 230 g/mol. The molecule has 0 aliphatic carbocycles. The minimum Gasteiger partial charge on any atom is -0.382 e. The van der Waals surface area contributed by atoms with Crippen molar-refractivity contribution in [1.29, 1.82) is 0 Å². The van der Waals surface area contributed by atoms with Crippen molar-refractivity contribution in [1.82, 2.24) is 10.3 Å². The Labute approximate surface area is 108 Å². The van der Waals surface area contributed by atoms with Crippen LogP contribution < -0.4 is 10.6 Å². The first kappa shape index (κ1) is 14.4. The Kier molecular flexibility index (Phi) is 6.14. The molecule has 5 nitrogen and oxygen atoms in total. The van der Waals surface area contributed by atoms with Gasteiger partial charge in [0.05, 0.1) is 11.8 Å². The number of carbonyl (C=O) groups excluding carboxylic acids is 1. The molecule has 100 valence electrons. The van der Waals surface area contributed by atoms with Gasteiger partial charge in [-0.05, 0) is 32.9 Å². The van der Waals surface area contributed by atoms with Gasteiger partial charge < -0.3 is 15.4 Å². The lowest BCUT2D eigenvalue weighted by Gasteiger charge is -2.16. The van der Waals surface area contributed by atoms with E-state index in [1.807, 2.05) is 26.0 Å². The third-order valence-electron chi connectivity index (χ3n) is 2.26. The van der Waals surface area contributed by atoms with E-state index in [-0.39, 0.29) is 12.0 Å². The molecule has 0 aliphatic heterocycles. The summed E-state index contributed by atoms with van der Waals surface area (Å²) in [6.45, 7) is 6.79. The monoisotopic (exact) mass is 251 g/mol. The van der Waals surface area contributed by atoms with Crippen LogP contribution in [0.4, 0.5) is 5.69 Å². The minimum atomic E-state index is -0.414. The van der Waals surface area contributed by atoms with E-state index >= 15 is 0 Å². The summed E-state index contributed by atoms with van der Waals surface area (Å²) in [5.41, 5.74) is 0.943. The third kappa shape index (κ3) is 5.63. The van der Waals surface area contributed by atoms with Crippen molar-refractivity contribution in [2.24, 2.45) is 0 Å². The number of aromatic nitrogens is 1. The molecule has 1 atom stereocenters. The average Bonchev–Trinajstić information content (AvgIpc) is 2.34. The van der Waals surface area contributed by atoms with Crippen molar-refractivity contribution in [2.45, 2.75) is 33.0 Å². The Morgan fingerprint density at radius 1 is 1.39 bits per heavy atom. The standard InChI is InChI=1S/C13H21N3O2/c1-10(2)18-11(3)13(17)16-8-7-15-12-5-4-6-14-9-12/h4-6,9-11,15H,7-8H2,1-3H3,(H,16,17). The van der Waals surface area contributed by atoms with Crippen LogP contribution in [0.15, 0.2) is 24.5 Å². The normalized spacial score (nSPS) is 12.2. The molecule has 0 aromatic carbocycles. The van der Waals surface area contributed by atoms with Gasteiger partial charge in [-0.15, -0.1) is 0 Å². The maximum Gasteiger partial charge on any atom is 0.248 e. The molecule has 1 aromatic rings. The molecule has 0 aliphatic rings. The lowest BCUT2D eigenvalue weighted by Crippen LogP contribution is -2.38. The second-order valence-corrected chi connectivity index (χ2v) is 4.29. The smallest absolute Gasteiger partial charge is 0.248 e. The lowest BCUT2D eigenvalue weighted by atomic mass is 10.3. The van der Waals surface area contributed by atoms with Crippen LogP contribution in [0.5, 0.6) is 0 Å². The molecule has 18 heavy (non-hydrogen) atoms. The second kappa shape index (κ2) is 7.66. The molecule has 0 bridgehead atoms. The summed E-state index contributed by atoms with van der Waals surface area (Å²) in [4.78, 5) is 15.6. The number of hydrogen-bond acceptors (Lipinski definition) is 4. The number of pyridine rings is 1. The molecule has 1 unspecified atom stereocenters. The zero-order valence-electron chi connectivity index (χ0n) is 11.1. The molecule has 0 spiro atoms. The highest BCUT2D eigenvalue weighted by Gasteiger charge is 2.13. The molecule has 0 radical (unpaired) electrons. The van der Waals surface area contributed by atoms with E-state index in [1.54, 1.807) is 19.3 Å². The van der Waals surface area contributed by atoms with Gasteiger partial charge in [-0.1, -0.05) is 0 Å². The summed E-state index contributed by atoms with van der Waals surface area (Å²) >= 11 is 0. The van der Waals surface area contributed by atoms with Gasteiger partial charge in [0.2, 0.25) is 5.91 Å². The van der Waals surface area contributed by atoms with Gasteiger partial charge in [-0.25, -0.2) is 0 Å². The van der Waals surface area contributed by atoms with Crippen molar-refractivity contribution < 1.29 is 9.53 Å². The van der Waals surface area contributed by atoms with Gasteiger partial charge in [0.15, 0.2) is 0 Å². The fourth-order valence-corrected chi connectivity index (χ4v) is 1.47. The molecule has 1 aromatic heterocycles. The van der Waals surface area contributed by atoms with Gasteiger partial charge in [0.1, 0.15) is 6.10 Å². The Morgan fingerprint density at radius 3 is 2.78 bits per heavy atom. The van der Waals surface area contributed by atoms with Crippen LogP contribution >= 0.6 is 0 Å². The highest BCUT2D eigenvalue weighted by molar-refractivity contribution is 5.80. The summed E-state index contributed by atoms with van der Waals surface area (Å²) in [5.74, 6) is -0.0864. The quantitative estimate of drug-likeness (QED) is 0.719. The van der Waals surface area contributed by atoms with Crippen molar-refractivity contribution in [3.05, 3.63) is 24.5 Å². The number of ether oxygens (including phenoxy) is 1. The van der Waals surface area contributed by atoms with E-state index in [4.69, 9.17) is 4.74 Å². The zero-order chi connectivity index (χ0) is 13.4. The number of rotatable bonds is 7. The number of anilines is 1. The van der Waals surface area contributed by atoms with Crippen LogP contribution in [0.1, 0.15) is 20.8 Å². The van der Waals surface area contributed by atoms with Crippen molar-refractivity contribution in [2.75, 3.05) is 18.4 Å². The number of carbonyl (C=O) groups is 1. The second-order valence-electron chi connectivity index (χ2n) is 4.29. The zero-order valence-corrected chi connectivity index (χ0v) is 11.1. The Morgan fingerprint density at radius 2 is 2.17 bits per heavy atom. The van der Waals surface area contributed by atoms with Crippen LogP contribution in [0, 0.1) is 0 Å². The van der Waals surface area contributed by atoms with E-state index in [2.05, 4.69) is 15.6 Å². The molecule has 0 fully saturated rings. The summed E-state index contributed by atoms with van der Waals surface area (Å²) in [6.07, 6.45) is 3.10. The SMILES string of the molecule is CC(C)OC(C)C(=O)NCCNc1cccnc1. The molecule has 0 saturated carbocycles. The number of nitrogens with one attached hydrogen (secondary N) is 2. The number of nitrogens with zero attached hydrogens (tertiary/aromatic N) is 1. The van der Waals surface area contributed by atoms with Crippen LogP contribution in [0.25, 0.3) is 0 Å². The van der Waals surface area contributed by atoms with Crippen LogP contribution in [0.2, 0.25) is 0 Å². The van der Waals surface area contributed by atoms with Crippen molar-refractivity contribution in [3.8, 4) is 0 Å². The van der Waals surface area contributed by atoms with E-state index in [0.717, 1.165) is 5.69 Å². The molecule has 2 N–H and O–H groups in total. The fraction of sp³-hybridized carbons (Fsp3) is 0.538. The van der Waals surface area contributed by atoms with Crippen molar-refractivity contribution in [3.63, 3.8) is 0 Å². The van der Waals surface area contributed by atoms with E-state index < -0.39 is 6.10 Å². The summed E-state index contributed by atoms with van der Waals surface area (Å²) in [5, 5.41) is 5.97. The van der Waals surface area contributed by atoms with Gasteiger partial charge in [-0.3, -0.25) is 9.78 Å². The Balaban J connectivity index is 2.16. The molecule has 1 heterocycles. The number of amides is 1. The van der Waals surface area contributed by atoms with E-state index in [9.17, 15) is 4.79 Å². The third-order valence-corrected chi connectivity index (χ3v) is 2.26. The number of hydrogen-bond donors (Lipinski definition) is 2. The lowest BCUT2D eigenvalue weighted by molar-refractivity contribution is -0.134. The van der Waals surface area contributed by atoms with E-state index in [0.29, 0.717) is 13.1 Å². The molecule has 0 saturated heterocycles. The first-order valence-corrected chi connectivity index (χ1v) is 6.16. The highest BCUT2D eigenvalue weighted by atomic mass is 16.5. The van der Waals surface area contributed by atoms with Crippen LogP contribution in [0.3, 0.4) is 0 Å². The van der Waals surface area contributed by atoms with Crippen LogP contribution in [-0.4, -0.2) is 36.2 Å². The highest BCUT2D eigenvalue weighted by Crippen LogP contribution is 2.01. The summed E-state index contributed by atoms with van der Waals surface area (Å²) in [6, 6.07) is 3.79. The first-order chi connectivity index (χ1) is 8.59. The van der Waals surface area contributed by atoms with Crippen molar-refractivity contribution >= 4 is 11.6 Å². The Hall–Kier alpha value is -1.62. The maximum atomic E-state index is 11.6. The van der Waals surface area contributed by atoms with E-state index in [1.165, 1.54) is 0 Å². The maximum absolute atomic E-state index is 11.6. The first-order valence-electron chi connectivity index (χ1n) is 6.16. The fourth-order valence-electron chi connectivity index (χ4n) is 1.47. The molecule has 5 heteroatoms. The van der Waals surface area contributed by atoms with Gasteiger partial charge in [-0.2, -0.15) is 0 Å². The van der Waals surface area contributed by atoms with Gasteiger partial charge in [0.25, 0.3) is 0 Å². The largest absolute Gasteiger partial charge is 0.382 e. The minimum absolute atomic E-state index is 0.0549. The van der Waals surface area contributed by atoms with Gasteiger partial charge in [0, 0.05) is 25.5 Å². The predicted molar refractivity (Wildman–Crippen MR) is 71.4 cm³/mol. The molecule has 1 amide bonds. The molecular formula is C13H21N3O2. The Bertz CT molecular complexity index is 355. The van der Waals surface area contributed by atoms with Gasteiger partial charge >= 0.3 is 0 Å². The summed E-state index contributed by atoms with van der Waals surface area (Å²) < 4.78 is 5.38.